The molecule has 0 aliphatic carbocycles. The minimum Gasteiger partial charge on any atom is -0.374 e. The van der Waals surface area contributed by atoms with Crippen LogP contribution in [0.5, 0.6) is 0 Å². The van der Waals surface area contributed by atoms with Crippen LogP contribution >= 0.6 is 0 Å². The minimum absolute atomic E-state index is 0.445. The van der Waals surface area contributed by atoms with Gasteiger partial charge in [-0.3, -0.25) is 0 Å². The molecule has 0 amide bonds. The number of hydrogen-bond donors (Lipinski definition) is 2. The number of aliphatic hydroxyl groups is 1. The lowest BCUT2D eigenvalue weighted by Gasteiger charge is -2.16. The van der Waals surface area contributed by atoms with Gasteiger partial charge >= 0.3 is 0 Å². The highest BCUT2D eigenvalue weighted by atomic mass is 16.3. The Hall–Kier alpha value is -1.02. The van der Waals surface area contributed by atoms with Gasteiger partial charge in [0.2, 0.25) is 0 Å². The number of nitrogens with one attached hydrogen (secondary N) is 1. The van der Waals surface area contributed by atoms with Gasteiger partial charge < -0.3 is 10.4 Å². The van der Waals surface area contributed by atoms with Crippen LogP contribution in [0.2, 0.25) is 0 Å². The Bertz CT molecular complexity index is 263. The number of rotatable bonds is 3. The second-order valence-electron chi connectivity index (χ2n) is 3.34. The maximum absolute atomic E-state index is 9.45. The largest absolute Gasteiger partial charge is 0.374 e. The van der Waals surface area contributed by atoms with Crippen LogP contribution in [0, 0.1) is 13.8 Å². The van der Waals surface area contributed by atoms with E-state index in [2.05, 4.69) is 5.32 Å². The van der Waals surface area contributed by atoms with Gasteiger partial charge in [-0.2, -0.15) is 0 Å². The predicted molar refractivity (Wildman–Crippen MR) is 55.8 cm³/mol. The summed E-state index contributed by atoms with van der Waals surface area (Å²) in [4.78, 5) is 0. The van der Waals surface area contributed by atoms with Gasteiger partial charge in [0.15, 0.2) is 0 Å². The Balaban J connectivity index is 2.87. The molecule has 0 radical (unpaired) electrons. The van der Waals surface area contributed by atoms with Gasteiger partial charge in [-0.1, -0.05) is 25.1 Å². The fourth-order valence-electron chi connectivity index (χ4n) is 1.31. The van der Waals surface area contributed by atoms with Crippen LogP contribution in [0.25, 0.3) is 0 Å². The van der Waals surface area contributed by atoms with Crippen LogP contribution in [0.1, 0.15) is 24.5 Å². The fourth-order valence-corrected chi connectivity index (χ4v) is 1.31. The van der Waals surface area contributed by atoms with Crippen molar-refractivity contribution in [3.63, 3.8) is 0 Å². The summed E-state index contributed by atoms with van der Waals surface area (Å²) in [6, 6.07) is 6.10. The van der Waals surface area contributed by atoms with Gasteiger partial charge in [-0.25, -0.2) is 0 Å². The molecule has 0 fully saturated rings. The number of hydrogen-bond acceptors (Lipinski definition) is 2. The van der Waals surface area contributed by atoms with E-state index in [4.69, 9.17) is 0 Å². The predicted octanol–water partition coefficient (Wildman–Crippen LogP) is 2.44. The average molecular weight is 179 g/mol. The van der Waals surface area contributed by atoms with Gasteiger partial charge in [-0.15, -0.1) is 0 Å². The van der Waals surface area contributed by atoms with Crippen LogP contribution in [0.15, 0.2) is 18.2 Å². The highest BCUT2D eigenvalue weighted by Crippen LogP contribution is 2.20. The van der Waals surface area contributed by atoms with Crippen LogP contribution in [-0.2, 0) is 0 Å². The van der Waals surface area contributed by atoms with Crippen molar-refractivity contribution in [1.82, 2.24) is 0 Å². The second-order valence-corrected chi connectivity index (χ2v) is 3.34. The van der Waals surface area contributed by atoms with Crippen molar-refractivity contribution < 1.29 is 5.11 Å². The molecule has 0 bridgehead atoms. The maximum Gasteiger partial charge on any atom is 0.124 e. The van der Waals surface area contributed by atoms with E-state index in [9.17, 15) is 5.11 Å². The molecule has 0 aliphatic heterocycles. The standard InChI is InChI=1S/C11H17NO/c1-4-10(13)12-11-8(2)6-5-7-9(11)3/h5-7,10,12-13H,4H2,1-3H3. The Morgan fingerprint density at radius 1 is 1.31 bits per heavy atom. The summed E-state index contributed by atoms with van der Waals surface area (Å²) in [6.45, 7) is 6.03. The normalized spacial score (nSPS) is 12.6. The molecule has 2 nitrogen and oxygen atoms in total. The zero-order chi connectivity index (χ0) is 9.84. The summed E-state index contributed by atoms with van der Waals surface area (Å²) in [5.74, 6) is 0. The van der Waals surface area contributed by atoms with E-state index in [0.717, 1.165) is 5.69 Å². The highest BCUT2D eigenvalue weighted by molar-refractivity contribution is 5.56. The molecule has 0 aliphatic rings. The Kier molecular flexibility index (Phi) is 3.32. The minimum atomic E-state index is -0.445. The molecule has 0 saturated heterocycles. The van der Waals surface area contributed by atoms with Gasteiger partial charge in [0.1, 0.15) is 6.23 Å². The van der Waals surface area contributed by atoms with Crippen molar-refractivity contribution in [2.45, 2.75) is 33.4 Å². The molecular weight excluding hydrogens is 162 g/mol. The number of para-hydroxylation sites is 1. The van der Waals surface area contributed by atoms with E-state index in [-0.39, 0.29) is 0 Å². The van der Waals surface area contributed by atoms with Crippen molar-refractivity contribution >= 4 is 5.69 Å². The molecule has 2 heteroatoms. The van der Waals surface area contributed by atoms with E-state index >= 15 is 0 Å². The lowest BCUT2D eigenvalue weighted by atomic mass is 10.1. The van der Waals surface area contributed by atoms with Crippen molar-refractivity contribution in [3.8, 4) is 0 Å². The highest BCUT2D eigenvalue weighted by Gasteiger charge is 2.04. The van der Waals surface area contributed by atoms with Crippen LogP contribution in [0.3, 0.4) is 0 Å². The molecule has 0 saturated carbocycles. The molecule has 0 heterocycles. The third-order valence-electron chi connectivity index (χ3n) is 2.18. The Morgan fingerprint density at radius 3 is 2.31 bits per heavy atom. The lowest BCUT2D eigenvalue weighted by molar-refractivity contribution is 0.199. The van der Waals surface area contributed by atoms with Gasteiger partial charge in [-0.05, 0) is 31.4 Å². The van der Waals surface area contributed by atoms with Gasteiger partial charge in [0.05, 0.1) is 0 Å². The molecule has 0 spiro atoms. The third-order valence-corrected chi connectivity index (χ3v) is 2.18. The summed E-state index contributed by atoms with van der Waals surface area (Å²) in [5, 5.41) is 12.5. The molecule has 1 aromatic rings. The third kappa shape index (κ3) is 2.46. The topological polar surface area (TPSA) is 32.3 Å². The van der Waals surface area contributed by atoms with Gasteiger partial charge in [0.25, 0.3) is 0 Å². The molecule has 72 valence electrons. The molecule has 1 atom stereocenters. The van der Waals surface area contributed by atoms with E-state index in [0.29, 0.717) is 6.42 Å². The molecule has 1 unspecified atom stereocenters. The molecular formula is C11H17NO. The first-order valence-corrected chi connectivity index (χ1v) is 4.66. The number of aryl methyl sites for hydroxylation is 2. The van der Waals surface area contributed by atoms with Crippen molar-refractivity contribution in [1.29, 1.82) is 0 Å². The van der Waals surface area contributed by atoms with E-state index in [1.165, 1.54) is 11.1 Å². The van der Waals surface area contributed by atoms with E-state index in [1.54, 1.807) is 0 Å². The number of aliphatic hydroxyl groups excluding tert-OH is 1. The summed E-state index contributed by atoms with van der Waals surface area (Å²) >= 11 is 0. The molecule has 1 aromatic carbocycles. The molecule has 2 N–H and O–H groups in total. The smallest absolute Gasteiger partial charge is 0.124 e. The first-order valence-electron chi connectivity index (χ1n) is 4.66. The summed E-state index contributed by atoms with van der Waals surface area (Å²) in [7, 11) is 0. The average Bonchev–Trinajstić information content (AvgIpc) is 2.11. The van der Waals surface area contributed by atoms with E-state index < -0.39 is 6.23 Å². The SMILES string of the molecule is CCC(O)Nc1c(C)cccc1C. The first-order chi connectivity index (χ1) is 6.15. The monoisotopic (exact) mass is 179 g/mol. The fraction of sp³-hybridized carbons (Fsp3) is 0.455. The van der Waals surface area contributed by atoms with Crippen LogP contribution in [0.4, 0.5) is 5.69 Å². The quantitative estimate of drug-likeness (QED) is 0.698. The zero-order valence-corrected chi connectivity index (χ0v) is 8.46. The summed E-state index contributed by atoms with van der Waals surface area (Å²) in [6.07, 6.45) is 0.271. The van der Waals surface area contributed by atoms with Gasteiger partial charge in [0, 0.05) is 5.69 Å². The first kappa shape index (κ1) is 10.1. The Morgan fingerprint density at radius 2 is 1.85 bits per heavy atom. The van der Waals surface area contributed by atoms with Crippen molar-refractivity contribution in [2.75, 3.05) is 5.32 Å². The second kappa shape index (κ2) is 4.28. The van der Waals surface area contributed by atoms with E-state index in [1.807, 2.05) is 39.0 Å². The number of anilines is 1. The number of benzene rings is 1. The summed E-state index contributed by atoms with van der Waals surface area (Å²) in [5.41, 5.74) is 3.40. The molecule has 1 rings (SSSR count). The Labute approximate surface area is 79.6 Å². The molecule has 0 aromatic heterocycles. The van der Waals surface area contributed by atoms with Crippen LogP contribution < -0.4 is 5.32 Å². The zero-order valence-electron chi connectivity index (χ0n) is 8.46. The summed E-state index contributed by atoms with van der Waals surface area (Å²) < 4.78 is 0. The molecule has 13 heavy (non-hydrogen) atoms. The maximum atomic E-state index is 9.45. The van der Waals surface area contributed by atoms with Crippen molar-refractivity contribution in [2.24, 2.45) is 0 Å². The van der Waals surface area contributed by atoms with Crippen molar-refractivity contribution in [3.05, 3.63) is 29.3 Å². The van der Waals surface area contributed by atoms with Crippen LogP contribution in [-0.4, -0.2) is 11.3 Å². The lowest BCUT2D eigenvalue weighted by Crippen LogP contribution is -2.18.